The number of rotatable bonds is 3. The van der Waals surface area contributed by atoms with Crippen LogP contribution in [-0.4, -0.2) is 26.2 Å². The Morgan fingerprint density at radius 3 is 2.79 bits per heavy atom. The van der Waals surface area contributed by atoms with Crippen LogP contribution < -0.4 is 0 Å². The molecule has 2 heterocycles. The summed E-state index contributed by atoms with van der Waals surface area (Å²) in [5, 5.41) is 1.81. The predicted molar refractivity (Wildman–Crippen MR) is 92.8 cm³/mol. The average Bonchev–Trinajstić information content (AvgIpc) is 2.38. The summed E-state index contributed by atoms with van der Waals surface area (Å²) in [6.07, 6.45) is 2.11. The van der Waals surface area contributed by atoms with Crippen molar-refractivity contribution in [3.63, 3.8) is 0 Å². The molecular weight excluding hydrogens is 360 g/mol. The molecule has 0 amide bonds. The minimum atomic E-state index is 0.432. The number of thioether (sulfide) groups is 2. The van der Waals surface area contributed by atoms with Gasteiger partial charge in [-0.3, -0.25) is 0 Å². The van der Waals surface area contributed by atoms with Gasteiger partial charge in [0.2, 0.25) is 0 Å². The second kappa shape index (κ2) is 6.96. The van der Waals surface area contributed by atoms with Crippen LogP contribution in [-0.2, 0) is 6.42 Å². The van der Waals surface area contributed by atoms with Crippen molar-refractivity contribution in [1.29, 1.82) is 0 Å². The average molecular weight is 379 g/mol. The van der Waals surface area contributed by atoms with Gasteiger partial charge in [0.05, 0.1) is 9.72 Å². The van der Waals surface area contributed by atoms with Gasteiger partial charge >= 0.3 is 0 Å². The van der Waals surface area contributed by atoms with Crippen molar-refractivity contribution in [2.45, 2.75) is 49.4 Å². The lowest BCUT2D eigenvalue weighted by atomic mass is 10.2. The zero-order valence-electron chi connectivity index (χ0n) is 11.4. The SMILES string of the molecule is CCCc1[nH]c(C2CSC(C)C(C)S2)nc(=S)c1Br. The molecule has 2 rings (SSSR count). The number of aromatic amines is 1. The van der Waals surface area contributed by atoms with Crippen molar-refractivity contribution in [3.8, 4) is 0 Å². The van der Waals surface area contributed by atoms with Crippen LogP contribution in [0.4, 0.5) is 0 Å². The normalized spacial score (nSPS) is 27.5. The molecule has 1 aliphatic heterocycles. The molecule has 0 spiro atoms. The minimum absolute atomic E-state index is 0.432. The summed E-state index contributed by atoms with van der Waals surface area (Å²) in [6.45, 7) is 6.78. The van der Waals surface area contributed by atoms with Crippen LogP contribution in [0.15, 0.2) is 4.47 Å². The first-order valence-electron chi connectivity index (χ1n) is 6.58. The smallest absolute Gasteiger partial charge is 0.144 e. The molecule has 106 valence electrons. The maximum atomic E-state index is 5.37. The number of hydrogen-bond donors (Lipinski definition) is 1. The summed E-state index contributed by atoms with van der Waals surface area (Å²) in [5.74, 6) is 2.16. The molecule has 1 fully saturated rings. The molecule has 1 aliphatic rings. The van der Waals surface area contributed by atoms with Gasteiger partial charge in [0.1, 0.15) is 10.5 Å². The zero-order chi connectivity index (χ0) is 14.0. The minimum Gasteiger partial charge on any atom is -0.345 e. The van der Waals surface area contributed by atoms with Crippen molar-refractivity contribution in [1.82, 2.24) is 9.97 Å². The Hall–Kier alpha value is 0.480. The molecular formula is C13H19BrN2S3. The first-order chi connectivity index (χ1) is 9.02. The summed E-state index contributed by atoms with van der Waals surface area (Å²) in [6, 6.07) is 0. The van der Waals surface area contributed by atoms with E-state index in [-0.39, 0.29) is 0 Å². The highest BCUT2D eigenvalue weighted by molar-refractivity contribution is 9.10. The number of aromatic nitrogens is 2. The van der Waals surface area contributed by atoms with E-state index in [9.17, 15) is 0 Å². The maximum Gasteiger partial charge on any atom is 0.144 e. The fourth-order valence-electron chi connectivity index (χ4n) is 2.03. The molecule has 0 saturated carbocycles. The summed E-state index contributed by atoms with van der Waals surface area (Å²) < 4.78 is 1.65. The van der Waals surface area contributed by atoms with E-state index >= 15 is 0 Å². The van der Waals surface area contributed by atoms with E-state index in [0.29, 0.717) is 15.1 Å². The van der Waals surface area contributed by atoms with Crippen LogP contribution in [0.1, 0.15) is 44.0 Å². The van der Waals surface area contributed by atoms with Gasteiger partial charge < -0.3 is 4.98 Å². The number of halogens is 1. The topological polar surface area (TPSA) is 28.7 Å². The summed E-state index contributed by atoms with van der Waals surface area (Å²) in [7, 11) is 0. The van der Waals surface area contributed by atoms with Crippen molar-refractivity contribution in [3.05, 3.63) is 20.6 Å². The monoisotopic (exact) mass is 378 g/mol. The first-order valence-corrected chi connectivity index (χ1v) is 9.77. The van der Waals surface area contributed by atoms with E-state index in [1.165, 1.54) is 5.69 Å². The Morgan fingerprint density at radius 1 is 1.42 bits per heavy atom. The number of nitrogens with one attached hydrogen (secondary N) is 1. The van der Waals surface area contributed by atoms with Gasteiger partial charge in [-0.2, -0.15) is 11.8 Å². The fraction of sp³-hybridized carbons (Fsp3) is 0.692. The molecule has 3 unspecified atom stereocenters. The number of nitrogens with zero attached hydrogens (tertiary/aromatic N) is 1. The largest absolute Gasteiger partial charge is 0.345 e. The molecule has 0 aromatic carbocycles. The Labute approximate surface area is 137 Å². The molecule has 2 nitrogen and oxygen atoms in total. The highest BCUT2D eigenvalue weighted by Crippen LogP contribution is 2.43. The summed E-state index contributed by atoms with van der Waals surface area (Å²) >= 11 is 13.0. The standard InChI is InChI=1S/C13H19BrN2S3/c1-4-5-9-11(14)13(17)16-12(15-9)10-6-18-7(2)8(3)19-10/h7-8,10H,4-6H2,1-3H3,(H,15,16,17). The lowest BCUT2D eigenvalue weighted by Crippen LogP contribution is -2.23. The Balaban J connectivity index is 2.27. The second-order valence-corrected chi connectivity index (χ2v) is 9.01. The Bertz CT molecular complexity index is 503. The lowest BCUT2D eigenvalue weighted by molar-refractivity contribution is 0.806. The van der Waals surface area contributed by atoms with Crippen molar-refractivity contribution >= 4 is 51.7 Å². The Morgan fingerprint density at radius 2 is 2.16 bits per heavy atom. The third-order valence-electron chi connectivity index (χ3n) is 3.31. The molecule has 0 radical (unpaired) electrons. The molecule has 1 aromatic heterocycles. The third-order valence-corrected chi connectivity index (χ3v) is 8.12. The van der Waals surface area contributed by atoms with E-state index in [4.69, 9.17) is 12.2 Å². The number of aryl methyl sites for hydroxylation is 1. The molecule has 0 bridgehead atoms. The second-order valence-electron chi connectivity index (χ2n) is 4.84. The molecule has 19 heavy (non-hydrogen) atoms. The van der Waals surface area contributed by atoms with E-state index < -0.39 is 0 Å². The zero-order valence-corrected chi connectivity index (χ0v) is 15.4. The van der Waals surface area contributed by atoms with E-state index in [2.05, 4.69) is 46.7 Å². The molecule has 1 saturated heterocycles. The maximum absolute atomic E-state index is 5.37. The van der Waals surface area contributed by atoms with Crippen molar-refractivity contribution < 1.29 is 0 Å². The molecule has 6 heteroatoms. The highest BCUT2D eigenvalue weighted by atomic mass is 79.9. The van der Waals surface area contributed by atoms with Crippen LogP contribution in [0.5, 0.6) is 0 Å². The van der Waals surface area contributed by atoms with Crippen LogP contribution in [0.3, 0.4) is 0 Å². The van der Waals surface area contributed by atoms with Crippen LogP contribution in [0, 0.1) is 4.64 Å². The molecule has 1 aromatic rings. The molecule has 1 N–H and O–H groups in total. The lowest BCUT2D eigenvalue weighted by Gasteiger charge is -2.30. The van der Waals surface area contributed by atoms with Gasteiger partial charge in [0, 0.05) is 21.9 Å². The van der Waals surface area contributed by atoms with Crippen molar-refractivity contribution in [2.75, 3.05) is 5.75 Å². The van der Waals surface area contributed by atoms with Crippen LogP contribution in [0.25, 0.3) is 0 Å². The van der Waals surface area contributed by atoms with Gasteiger partial charge in [0.25, 0.3) is 0 Å². The fourth-order valence-corrected chi connectivity index (χ4v) is 5.50. The predicted octanol–water partition coefficient (Wildman–Crippen LogP) is 5.15. The first kappa shape index (κ1) is 15.9. The van der Waals surface area contributed by atoms with Gasteiger partial charge in [-0.15, -0.1) is 11.8 Å². The summed E-state index contributed by atoms with van der Waals surface area (Å²) in [5.41, 5.74) is 1.19. The van der Waals surface area contributed by atoms with Crippen molar-refractivity contribution in [2.24, 2.45) is 0 Å². The molecule has 0 aliphatic carbocycles. The van der Waals surface area contributed by atoms with Gasteiger partial charge in [-0.05, 0) is 22.4 Å². The van der Waals surface area contributed by atoms with Gasteiger partial charge in [-0.25, -0.2) is 4.98 Å². The van der Waals surface area contributed by atoms with E-state index in [1.807, 2.05) is 23.5 Å². The van der Waals surface area contributed by atoms with E-state index in [0.717, 1.165) is 34.1 Å². The highest BCUT2D eigenvalue weighted by Gasteiger charge is 2.28. The van der Waals surface area contributed by atoms with Crippen LogP contribution >= 0.6 is 51.7 Å². The van der Waals surface area contributed by atoms with Gasteiger partial charge in [0.15, 0.2) is 0 Å². The number of hydrogen-bond acceptors (Lipinski definition) is 4. The molecule has 3 atom stereocenters. The van der Waals surface area contributed by atoms with Crippen LogP contribution in [0.2, 0.25) is 0 Å². The van der Waals surface area contributed by atoms with Gasteiger partial charge in [-0.1, -0.05) is 39.4 Å². The number of H-pyrrole nitrogens is 1. The quantitative estimate of drug-likeness (QED) is 0.735. The Kier molecular flexibility index (Phi) is 5.81. The summed E-state index contributed by atoms with van der Waals surface area (Å²) in [4.78, 5) is 8.08. The third kappa shape index (κ3) is 3.77. The van der Waals surface area contributed by atoms with E-state index in [1.54, 1.807) is 0 Å².